The zero-order valence-electron chi connectivity index (χ0n) is 10.9. The molecule has 2 N–H and O–H groups in total. The fourth-order valence-corrected chi connectivity index (χ4v) is 1.55. The van der Waals surface area contributed by atoms with Gasteiger partial charge in [-0.3, -0.25) is 4.79 Å². The minimum absolute atomic E-state index is 0. The maximum absolute atomic E-state index is 12.0. The van der Waals surface area contributed by atoms with Crippen molar-refractivity contribution in [1.29, 1.82) is 0 Å². The Kier molecular flexibility index (Phi) is 8.37. The number of carbonyl (C=O) groups is 1. The molecule has 1 aromatic carbocycles. The van der Waals surface area contributed by atoms with E-state index in [0.717, 1.165) is 12.0 Å². The van der Waals surface area contributed by atoms with Gasteiger partial charge in [-0.15, -0.1) is 12.4 Å². The van der Waals surface area contributed by atoms with Crippen LogP contribution in [-0.2, 0) is 11.3 Å². The van der Waals surface area contributed by atoms with Crippen molar-refractivity contribution in [1.82, 2.24) is 4.90 Å². The number of hydrogen-bond donors (Lipinski definition) is 1. The van der Waals surface area contributed by atoms with Crippen molar-refractivity contribution in [3.8, 4) is 0 Å². The number of rotatable bonds is 6. The molecule has 4 nitrogen and oxygen atoms in total. The Morgan fingerprint density at radius 1 is 1.33 bits per heavy atom. The van der Waals surface area contributed by atoms with E-state index in [9.17, 15) is 4.79 Å². The quantitative estimate of drug-likeness (QED) is 0.802. The molecule has 1 amide bonds. The van der Waals surface area contributed by atoms with Crippen LogP contribution in [0.1, 0.15) is 22.3 Å². The lowest BCUT2D eigenvalue weighted by Gasteiger charge is -2.17. The predicted octanol–water partition coefficient (Wildman–Crippen LogP) is 1.68. The molecule has 1 aromatic rings. The molecular formula is C13H21ClN2O2. The number of nitrogens with zero attached hydrogens (tertiary/aromatic N) is 1. The Labute approximate surface area is 115 Å². The summed E-state index contributed by atoms with van der Waals surface area (Å²) in [5.74, 6) is 0.0321. The number of hydrogen-bond acceptors (Lipinski definition) is 3. The number of methoxy groups -OCH3 is 1. The first-order valence-corrected chi connectivity index (χ1v) is 5.72. The number of benzene rings is 1. The third kappa shape index (κ3) is 5.04. The van der Waals surface area contributed by atoms with E-state index < -0.39 is 0 Å². The molecule has 102 valence electrons. The summed E-state index contributed by atoms with van der Waals surface area (Å²) in [4.78, 5) is 13.7. The monoisotopic (exact) mass is 272 g/mol. The van der Waals surface area contributed by atoms with E-state index >= 15 is 0 Å². The Hall–Kier alpha value is -1.10. The smallest absolute Gasteiger partial charge is 0.253 e. The summed E-state index contributed by atoms with van der Waals surface area (Å²) in [6, 6.07) is 7.40. The van der Waals surface area contributed by atoms with Crippen molar-refractivity contribution in [2.45, 2.75) is 13.0 Å². The minimum Gasteiger partial charge on any atom is -0.385 e. The molecule has 0 aliphatic rings. The van der Waals surface area contributed by atoms with Gasteiger partial charge in [-0.25, -0.2) is 0 Å². The average molecular weight is 273 g/mol. The first-order valence-electron chi connectivity index (χ1n) is 5.72. The molecule has 18 heavy (non-hydrogen) atoms. The summed E-state index contributed by atoms with van der Waals surface area (Å²) in [5.41, 5.74) is 7.24. The summed E-state index contributed by atoms with van der Waals surface area (Å²) in [6.45, 7) is 1.87. The predicted molar refractivity (Wildman–Crippen MR) is 75.0 cm³/mol. The van der Waals surface area contributed by atoms with Gasteiger partial charge >= 0.3 is 0 Å². The summed E-state index contributed by atoms with van der Waals surface area (Å²) >= 11 is 0. The van der Waals surface area contributed by atoms with Crippen molar-refractivity contribution in [3.05, 3.63) is 35.4 Å². The van der Waals surface area contributed by atoms with Gasteiger partial charge in [0.2, 0.25) is 0 Å². The lowest BCUT2D eigenvalue weighted by atomic mass is 10.1. The molecule has 1 rings (SSSR count). The van der Waals surface area contributed by atoms with Crippen LogP contribution in [0.4, 0.5) is 0 Å². The van der Waals surface area contributed by atoms with E-state index in [1.807, 2.05) is 24.3 Å². The van der Waals surface area contributed by atoms with Crippen LogP contribution in [0.5, 0.6) is 0 Å². The fourth-order valence-electron chi connectivity index (χ4n) is 1.55. The van der Waals surface area contributed by atoms with Crippen LogP contribution in [0.3, 0.4) is 0 Å². The SMILES string of the molecule is COCCCN(C)C(=O)c1ccc(CN)cc1.Cl. The Morgan fingerprint density at radius 2 is 1.94 bits per heavy atom. The molecular weight excluding hydrogens is 252 g/mol. The van der Waals surface area contributed by atoms with E-state index in [-0.39, 0.29) is 18.3 Å². The lowest BCUT2D eigenvalue weighted by Crippen LogP contribution is -2.28. The second-order valence-corrected chi connectivity index (χ2v) is 3.97. The highest BCUT2D eigenvalue weighted by molar-refractivity contribution is 5.94. The first kappa shape index (κ1) is 16.9. The van der Waals surface area contributed by atoms with Gasteiger partial charge in [-0.1, -0.05) is 12.1 Å². The Bertz CT molecular complexity index is 355. The van der Waals surface area contributed by atoms with Gasteiger partial charge in [0.1, 0.15) is 0 Å². The maximum Gasteiger partial charge on any atom is 0.253 e. The Balaban J connectivity index is 0.00000289. The van der Waals surface area contributed by atoms with Gasteiger partial charge in [-0.2, -0.15) is 0 Å². The van der Waals surface area contributed by atoms with Crippen LogP contribution in [-0.4, -0.2) is 38.1 Å². The van der Waals surface area contributed by atoms with Crippen molar-refractivity contribution in [2.24, 2.45) is 5.73 Å². The van der Waals surface area contributed by atoms with Gasteiger partial charge in [0.05, 0.1) is 0 Å². The van der Waals surface area contributed by atoms with Crippen molar-refractivity contribution in [2.75, 3.05) is 27.3 Å². The van der Waals surface area contributed by atoms with Gasteiger partial charge in [0.15, 0.2) is 0 Å². The van der Waals surface area contributed by atoms with E-state index in [1.54, 1.807) is 19.1 Å². The van der Waals surface area contributed by atoms with Crippen LogP contribution in [0.15, 0.2) is 24.3 Å². The zero-order chi connectivity index (χ0) is 12.7. The summed E-state index contributed by atoms with van der Waals surface area (Å²) < 4.78 is 4.96. The second kappa shape index (κ2) is 8.91. The third-order valence-corrected chi connectivity index (χ3v) is 2.63. The normalized spacial score (nSPS) is 9.72. The van der Waals surface area contributed by atoms with E-state index in [1.165, 1.54) is 0 Å². The van der Waals surface area contributed by atoms with Crippen molar-refractivity contribution < 1.29 is 9.53 Å². The summed E-state index contributed by atoms with van der Waals surface area (Å²) in [6.07, 6.45) is 0.847. The van der Waals surface area contributed by atoms with Crippen LogP contribution in [0.25, 0.3) is 0 Å². The topological polar surface area (TPSA) is 55.6 Å². The second-order valence-electron chi connectivity index (χ2n) is 3.97. The molecule has 0 saturated heterocycles. The van der Waals surface area contributed by atoms with E-state index in [2.05, 4.69) is 0 Å². The molecule has 0 unspecified atom stereocenters. The summed E-state index contributed by atoms with van der Waals surface area (Å²) in [5, 5.41) is 0. The van der Waals surface area contributed by atoms with Crippen LogP contribution in [0, 0.1) is 0 Å². The molecule has 0 aliphatic heterocycles. The maximum atomic E-state index is 12.0. The lowest BCUT2D eigenvalue weighted by molar-refractivity contribution is 0.0779. The molecule has 0 aromatic heterocycles. The van der Waals surface area contributed by atoms with Crippen molar-refractivity contribution >= 4 is 18.3 Å². The van der Waals surface area contributed by atoms with Gasteiger partial charge in [0, 0.05) is 39.4 Å². The Morgan fingerprint density at radius 3 is 2.44 bits per heavy atom. The number of ether oxygens (including phenoxy) is 1. The van der Waals surface area contributed by atoms with E-state index in [4.69, 9.17) is 10.5 Å². The van der Waals surface area contributed by atoms with Crippen LogP contribution >= 0.6 is 12.4 Å². The number of amides is 1. The highest BCUT2D eigenvalue weighted by atomic mass is 35.5. The summed E-state index contributed by atoms with van der Waals surface area (Å²) in [7, 11) is 3.46. The first-order chi connectivity index (χ1) is 8.19. The van der Waals surface area contributed by atoms with Gasteiger partial charge < -0.3 is 15.4 Å². The number of carbonyl (C=O) groups excluding carboxylic acids is 1. The molecule has 5 heteroatoms. The van der Waals surface area contributed by atoms with E-state index in [0.29, 0.717) is 25.3 Å². The highest BCUT2D eigenvalue weighted by Crippen LogP contribution is 2.06. The van der Waals surface area contributed by atoms with Crippen LogP contribution in [0.2, 0.25) is 0 Å². The molecule has 0 radical (unpaired) electrons. The molecule has 0 spiro atoms. The molecule has 0 aliphatic carbocycles. The van der Waals surface area contributed by atoms with Gasteiger partial charge in [0.25, 0.3) is 5.91 Å². The van der Waals surface area contributed by atoms with Crippen molar-refractivity contribution in [3.63, 3.8) is 0 Å². The molecule has 0 heterocycles. The minimum atomic E-state index is 0. The molecule has 0 bridgehead atoms. The highest BCUT2D eigenvalue weighted by Gasteiger charge is 2.10. The largest absolute Gasteiger partial charge is 0.385 e. The third-order valence-electron chi connectivity index (χ3n) is 2.63. The molecule has 0 fully saturated rings. The van der Waals surface area contributed by atoms with Crippen LogP contribution < -0.4 is 5.73 Å². The zero-order valence-corrected chi connectivity index (χ0v) is 11.7. The number of halogens is 1. The molecule has 0 atom stereocenters. The van der Waals surface area contributed by atoms with Gasteiger partial charge in [-0.05, 0) is 24.1 Å². The molecule has 0 saturated carbocycles. The average Bonchev–Trinajstić information content (AvgIpc) is 2.38. The standard InChI is InChI=1S/C13H20N2O2.ClH/c1-15(8-3-9-17-2)13(16)12-6-4-11(10-14)5-7-12;/h4-7H,3,8-10,14H2,1-2H3;1H. The number of nitrogens with two attached hydrogens (primary N) is 1. The fraction of sp³-hybridized carbons (Fsp3) is 0.462.